The predicted octanol–water partition coefficient (Wildman–Crippen LogP) is 11.6. The number of carbonyl (C=O) groups is 4. The second-order valence-electron chi connectivity index (χ2n) is 17.1. The van der Waals surface area contributed by atoms with Crippen molar-refractivity contribution in [3.8, 4) is 0 Å². The SMILES string of the molecule is CCCCCCCCCCCCCCCC(=O)OCC(CSCC(N)C(=O)CC(CO)C(=O)C(C)(C)C)OC(=O)CCCCCCCCCCCCCCC. The van der Waals surface area contributed by atoms with E-state index in [0.717, 1.165) is 38.5 Å². The summed E-state index contributed by atoms with van der Waals surface area (Å²) in [5.41, 5.74) is 5.52. The number of ether oxygens (including phenoxy) is 2. The summed E-state index contributed by atoms with van der Waals surface area (Å²) in [5.74, 6) is -1.22. The molecule has 0 aliphatic heterocycles. The third-order valence-corrected chi connectivity index (χ3v) is 11.7. The molecule has 3 unspecified atom stereocenters. The Balaban J connectivity index is 4.61. The summed E-state index contributed by atoms with van der Waals surface area (Å²) >= 11 is 1.36. The van der Waals surface area contributed by atoms with Gasteiger partial charge in [0, 0.05) is 42.1 Å². The van der Waals surface area contributed by atoms with Crippen molar-refractivity contribution >= 4 is 35.3 Å². The normalized spacial score (nSPS) is 13.4. The fourth-order valence-corrected chi connectivity index (χ4v) is 7.86. The molecule has 0 aromatic heterocycles. The fraction of sp³-hybridized carbons (Fsp3) is 0.913. The highest BCUT2D eigenvalue weighted by molar-refractivity contribution is 7.99. The second-order valence-corrected chi connectivity index (χ2v) is 18.2. The van der Waals surface area contributed by atoms with Gasteiger partial charge in [-0.3, -0.25) is 19.2 Å². The van der Waals surface area contributed by atoms with Crippen LogP contribution in [-0.2, 0) is 28.7 Å². The van der Waals surface area contributed by atoms with Gasteiger partial charge in [-0.15, -0.1) is 0 Å². The molecule has 0 amide bonds. The van der Waals surface area contributed by atoms with E-state index in [9.17, 15) is 24.3 Å². The molecule has 0 rings (SSSR count). The lowest BCUT2D eigenvalue weighted by Gasteiger charge is -2.24. The van der Waals surface area contributed by atoms with E-state index in [4.69, 9.17) is 15.2 Å². The number of rotatable bonds is 40. The number of hydrogen-bond acceptors (Lipinski definition) is 9. The Hall–Kier alpha value is -1.45. The summed E-state index contributed by atoms with van der Waals surface area (Å²) in [4.78, 5) is 50.9. The first-order valence-corrected chi connectivity index (χ1v) is 24.0. The Bertz CT molecular complexity index is 953. The quantitative estimate of drug-likeness (QED) is 0.0459. The molecule has 0 radical (unpaired) electrons. The molecule has 0 aliphatic rings. The first kappa shape index (κ1) is 53.6. The highest BCUT2D eigenvalue weighted by Crippen LogP contribution is 2.23. The summed E-state index contributed by atoms with van der Waals surface area (Å²) in [6, 6.07) is -0.827. The summed E-state index contributed by atoms with van der Waals surface area (Å²) < 4.78 is 11.4. The van der Waals surface area contributed by atoms with E-state index in [2.05, 4.69) is 13.8 Å². The van der Waals surface area contributed by atoms with E-state index in [1.54, 1.807) is 20.8 Å². The molecule has 324 valence electrons. The lowest BCUT2D eigenvalue weighted by molar-refractivity contribution is -0.157. The highest BCUT2D eigenvalue weighted by Gasteiger charge is 2.32. The van der Waals surface area contributed by atoms with E-state index in [-0.39, 0.29) is 42.3 Å². The molecule has 0 aliphatic carbocycles. The average Bonchev–Trinajstić information content (AvgIpc) is 3.15. The zero-order valence-corrected chi connectivity index (χ0v) is 37.3. The van der Waals surface area contributed by atoms with Gasteiger partial charge in [-0.1, -0.05) is 189 Å². The maximum Gasteiger partial charge on any atom is 0.306 e. The van der Waals surface area contributed by atoms with Gasteiger partial charge in [0.1, 0.15) is 18.5 Å². The van der Waals surface area contributed by atoms with Crippen molar-refractivity contribution < 1.29 is 33.8 Å². The molecule has 55 heavy (non-hydrogen) atoms. The fourth-order valence-electron chi connectivity index (χ4n) is 6.86. The molecular weight excluding hydrogens is 711 g/mol. The molecule has 0 aromatic rings. The van der Waals surface area contributed by atoms with Crippen LogP contribution in [0.4, 0.5) is 0 Å². The molecule has 0 fully saturated rings. The minimum atomic E-state index is -0.827. The molecule has 0 spiro atoms. The third-order valence-electron chi connectivity index (χ3n) is 10.5. The second kappa shape index (κ2) is 36.9. The summed E-state index contributed by atoms with van der Waals surface area (Å²) in [6.07, 6.45) is 32.1. The number of unbranched alkanes of at least 4 members (excludes halogenated alkanes) is 24. The van der Waals surface area contributed by atoms with Crippen LogP contribution in [0.2, 0.25) is 0 Å². The van der Waals surface area contributed by atoms with Crippen molar-refractivity contribution in [3.63, 3.8) is 0 Å². The van der Waals surface area contributed by atoms with Crippen molar-refractivity contribution in [3.05, 3.63) is 0 Å². The van der Waals surface area contributed by atoms with E-state index < -0.39 is 30.1 Å². The van der Waals surface area contributed by atoms with Crippen LogP contribution in [0.1, 0.15) is 221 Å². The minimum absolute atomic E-state index is 0.0233. The largest absolute Gasteiger partial charge is 0.462 e. The highest BCUT2D eigenvalue weighted by atomic mass is 32.2. The smallest absolute Gasteiger partial charge is 0.306 e. The third kappa shape index (κ3) is 33.2. The number of hydrogen-bond donors (Lipinski definition) is 2. The Kier molecular flexibility index (Phi) is 35.9. The molecule has 9 heteroatoms. The standard InChI is InChI=1S/C46H87NO7S/c1-6-8-10-12-14-16-18-20-22-24-26-28-30-32-43(50)53-36-40(37-55-38-41(47)42(49)34-39(35-48)45(52)46(3,4)5)54-44(51)33-31-29-27-25-23-21-19-17-15-13-11-9-7-2/h39-41,48H,6-38,47H2,1-5H3. The van der Waals surface area contributed by atoms with Crippen molar-refractivity contribution in [2.75, 3.05) is 24.7 Å². The van der Waals surface area contributed by atoms with Crippen LogP contribution in [0.5, 0.6) is 0 Å². The zero-order chi connectivity index (χ0) is 41.0. The Morgan fingerprint density at radius 1 is 0.582 bits per heavy atom. The van der Waals surface area contributed by atoms with Gasteiger partial charge < -0.3 is 20.3 Å². The van der Waals surface area contributed by atoms with Crippen LogP contribution in [0.3, 0.4) is 0 Å². The topological polar surface area (TPSA) is 133 Å². The van der Waals surface area contributed by atoms with Crippen LogP contribution >= 0.6 is 11.8 Å². The molecule has 0 saturated carbocycles. The molecule has 0 aromatic carbocycles. The Morgan fingerprint density at radius 2 is 0.964 bits per heavy atom. The van der Waals surface area contributed by atoms with E-state index in [1.165, 1.54) is 140 Å². The number of aliphatic hydroxyl groups excluding tert-OH is 1. The molecular formula is C46H87NO7S. The monoisotopic (exact) mass is 798 g/mol. The van der Waals surface area contributed by atoms with Gasteiger partial charge in [0.2, 0.25) is 0 Å². The van der Waals surface area contributed by atoms with E-state index >= 15 is 0 Å². The Morgan fingerprint density at radius 3 is 1.35 bits per heavy atom. The van der Waals surface area contributed by atoms with Gasteiger partial charge in [0.15, 0.2) is 5.78 Å². The number of carbonyl (C=O) groups excluding carboxylic acids is 4. The predicted molar refractivity (Wildman–Crippen MR) is 231 cm³/mol. The lowest BCUT2D eigenvalue weighted by atomic mass is 9.81. The number of nitrogens with two attached hydrogens (primary N) is 1. The van der Waals surface area contributed by atoms with Gasteiger partial charge in [-0.2, -0.15) is 11.8 Å². The number of aliphatic hydroxyl groups is 1. The van der Waals surface area contributed by atoms with Crippen molar-refractivity contribution in [2.24, 2.45) is 17.1 Å². The van der Waals surface area contributed by atoms with Crippen LogP contribution in [0, 0.1) is 11.3 Å². The first-order valence-electron chi connectivity index (χ1n) is 22.8. The van der Waals surface area contributed by atoms with Gasteiger partial charge in [-0.25, -0.2) is 0 Å². The number of ketones is 2. The molecule has 8 nitrogen and oxygen atoms in total. The van der Waals surface area contributed by atoms with Gasteiger partial charge in [0.25, 0.3) is 0 Å². The van der Waals surface area contributed by atoms with E-state index in [1.807, 2.05) is 0 Å². The van der Waals surface area contributed by atoms with Crippen LogP contribution in [0.25, 0.3) is 0 Å². The summed E-state index contributed by atoms with van der Waals surface area (Å²) in [7, 11) is 0. The average molecular weight is 798 g/mol. The number of thioether (sulfide) groups is 1. The Labute approximate surface area is 342 Å². The van der Waals surface area contributed by atoms with Gasteiger partial charge in [-0.05, 0) is 12.8 Å². The van der Waals surface area contributed by atoms with Gasteiger partial charge in [0.05, 0.1) is 12.6 Å². The van der Waals surface area contributed by atoms with Crippen molar-refractivity contribution in [1.82, 2.24) is 0 Å². The lowest BCUT2D eigenvalue weighted by Crippen LogP contribution is -2.39. The molecule has 3 atom stereocenters. The first-order chi connectivity index (χ1) is 26.5. The maximum absolute atomic E-state index is 12.8. The zero-order valence-electron chi connectivity index (χ0n) is 36.4. The summed E-state index contributed by atoms with van der Waals surface area (Å²) in [5, 5.41) is 9.74. The molecule has 0 heterocycles. The van der Waals surface area contributed by atoms with Crippen molar-refractivity contribution in [1.29, 1.82) is 0 Å². The van der Waals surface area contributed by atoms with Crippen LogP contribution in [0.15, 0.2) is 0 Å². The van der Waals surface area contributed by atoms with Crippen LogP contribution < -0.4 is 5.73 Å². The molecule has 0 saturated heterocycles. The summed E-state index contributed by atoms with van der Waals surface area (Å²) in [6.45, 7) is 9.39. The maximum atomic E-state index is 12.8. The number of Topliss-reactive ketones (excluding diaryl/α,β-unsaturated/α-hetero) is 2. The number of esters is 2. The van der Waals surface area contributed by atoms with Crippen molar-refractivity contribution in [2.45, 2.75) is 233 Å². The van der Waals surface area contributed by atoms with Gasteiger partial charge >= 0.3 is 11.9 Å². The van der Waals surface area contributed by atoms with Crippen LogP contribution in [-0.4, -0.2) is 65.5 Å². The molecule has 3 N–H and O–H groups in total. The molecule has 0 bridgehead atoms. The van der Waals surface area contributed by atoms with E-state index in [0.29, 0.717) is 18.6 Å². The minimum Gasteiger partial charge on any atom is -0.462 e.